The second-order valence-electron chi connectivity index (χ2n) is 7.33. The van der Waals surface area contributed by atoms with Crippen molar-refractivity contribution in [3.05, 3.63) is 63.6 Å². The van der Waals surface area contributed by atoms with Gasteiger partial charge in [-0.15, -0.1) is 0 Å². The minimum atomic E-state index is -0.275. The Kier molecular flexibility index (Phi) is 6.67. The number of anilines is 1. The first-order valence-electron chi connectivity index (χ1n) is 9.53. The monoisotopic (exact) mass is 404 g/mol. The van der Waals surface area contributed by atoms with Gasteiger partial charge in [0.05, 0.1) is 16.0 Å². The third kappa shape index (κ3) is 4.97. The van der Waals surface area contributed by atoms with E-state index in [0.29, 0.717) is 16.6 Å². The molecule has 144 valence electrons. The van der Waals surface area contributed by atoms with Crippen LogP contribution in [0.2, 0.25) is 10.0 Å². The van der Waals surface area contributed by atoms with Crippen molar-refractivity contribution >= 4 is 34.8 Å². The minimum absolute atomic E-state index is 0.00376. The highest BCUT2D eigenvalue weighted by molar-refractivity contribution is 6.42. The first-order chi connectivity index (χ1) is 13.0. The lowest BCUT2D eigenvalue weighted by molar-refractivity contribution is -0.122. The third-order valence-electron chi connectivity index (χ3n) is 5.33. The van der Waals surface area contributed by atoms with Crippen molar-refractivity contribution in [1.82, 2.24) is 5.32 Å². The second kappa shape index (κ2) is 8.99. The molecule has 0 radical (unpaired) electrons. The fraction of sp³-hybridized carbons (Fsp3) is 0.409. The van der Waals surface area contributed by atoms with Crippen LogP contribution in [-0.4, -0.2) is 25.5 Å². The van der Waals surface area contributed by atoms with E-state index in [1.54, 1.807) is 12.1 Å². The van der Waals surface area contributed by atoms with Gasteiger partial charge in [0.1, 0.15) is 0 Å². The Balaban J connectivity index is 1.59. The first kappa shape index (κ1) is 20.0. The predicted octanol–water partition coefficient (Wildman–Crippen LogP) is 5.62. The number of nitrogens with one attached hydrogen (secondary N) is 1. The van der Waals surface area contributed by atoms with E-state index >= 15 is 0 Å². The van der Waals surface area contributed by atoms with E-state index in [9.17, 15) is 4.79 Å². The Bertz CT molecular complexity index is 803. The van der Waals surface area contributed by atoms with E-state index in [4.69, 9.17) is 23.2 Å². The van der Waals surface area contributed by atoms with Crippen molar-refractivity contribution in [2.24, 2.45) is 0 Å². The van der Waals surface area contributed by atoms with Gasteiger partial charge in [-0.25, -0.2) is 0 Å². The molecule has 27 heavy (non-hydrogen) atoms. The summed E-state index contributed by atoms with van der Waals surface area (Å²) in [5.41, 5.74) is 3.40. The molecule has 0 bridgehead atoms. The van der Waals surface area contributed by atoms with Gasteiger partial charge in [0.25, 0.3) is 0 Å². The van der Waals surface area contributed by atoms with Crippen molar-refractivity contribution < 1.29 is 4.79 Å². The molecule has 1 saturated heterocycles. The highest BCUT2D eigenvalue weighted by Gasteiger charge is 2.18. The molecule has 0 aromatic heterocycles. The normalized spacial score (nSPS) is 16.2. The summed E-state index contributed by atoms with van der Waals surface area (Å²) < 4.78 is 0. The van der Waals surface area contributed by atoms with Crippen molar-refractivity contribution in [2.75, 3.05) is 24.5 Å². The van der Waals surface area contributed by atoms with E-state index < -0.39 is 0 Å². The van der Waals surface area contributed by atoms with Crippen LogP contribution in [0.25, 0.3) is 0 Å². The van der Waals surface area contributed by atoms with Crippen LogP contribution in [-0.2, 0) is 4.79 Å². The molecule has 1 amide bonds. The van der Waals surface area contributed by atoms with Gasteiger partial charge >= 0.3 is 0 Å². The molecule has 0 spiro atoms. The lowest BCUT2D eigenvalue weighted by Gasteiger charge is -2.21. The largest absolute Gasteiger partial charge is 0.372 e. The molecule has 1 aliphatic rings. The van der Waals surface area contributed by atoms with Crippen LogP contribution in [0.5, 0.6) is 0 Å². The van der Waals surface area contributed by atoms with Gasteiger partial charge < -0.3 is 10.2 Å². The number of hydrogen-bond donors (Lipinski definition) is 1. The van der Waals surface area contributed by atoms with Crippen LogP contribution >= 0.6 is 23.2 Å². The number of amides is 1. The number of benzene rings is 2. The van der Waals surface area contributed by atoms with Crippen LogP contribution in [0, 0.1) is 0 Å². The average molecular weight is 405 g/mol. The zero-order valence-electron chi connectivity index (χ0n) is 15.8. The summed E-state index contributed by atoms with van der Waals surface area (Å²) in [5.74, 6) is -0.0312. The Morgan fingerprint density at radius 1 is 1.04 bits per heavy atom. The molecule has 2 unspecified atom stereocenters. The summed E-state index contributed by atoms with van der Waals surface area (Å²) in [6.45, 7) is 6.90. The van der Waals surface area contributed by atoms with Gasteiger partial charge in [0, 0.05) is 25.3 Å². The van der Waals surface area contributed by atoms with E-state index in [1.165, 1.54) is 24.1 Å². The van der Waals surface area contributed by atoms with Crippen molar-refractivity contribution in [2.45, 2.75) is 38.5 Å². The van der Waals surface area contributed by atoms with Gasteiger partial charge in [-0.3, -0.25) is 4.79 Å². The highest BCUT2D eigenvalue weighted by atomic mass is 35.5. The standard InChI is InChI=1S/C22H26Cl2N2O/c1-15(17-6-5-7-19(12-17)26-10-3-4-11-26)14-25-22(27)16(2)18-8-9-20(23)21(24)13-18/h5-9,12-13,15-16H,3-4,10-11,14H2,1-2H3,(H,25,27). The summed E-state index contributed by atoms with van der Waals surface area (Å²) in [6, 6.07) is 14.0. The predicted molar refractivity (Wildman–Crippen MR) is 114 cm³/mol. The maximum absolute atomic E-state index is 12.6. The summed E-state index contributed by atoms with van der Waals surface area (Å²) in [5, 5.41) is 4.05. The number of halogens is 2. The van der Waals surface area contributed by atoms with E-state index in [2.05, 4.69) is 41.4 Å². The van der Waals surface area contributed by atoms with E-state index in [0.717, 1.165) is 18.7 Å². The van der Waals surface area contributed by atoms with Crippen molar-refractivity contribution in [3.8, 4) is 0 Å². The fourth-order valence-corrected chi connectivity index (χ4v) is 3.77. The van der Waals surface area contributed by atoms with Crippen molar-refractivity contribution in [1.29, 1.82) is 0 Å². The minimum Gasteiger partial charge on any atom is -0.372 e. The lowest BCUT2D eigenvalue weighted by Crippen LogP contribution is -2.31. The van der Waals surface area contributed by atoms with Gasteiger partial charge in [0.15, 0.2) is 0 Å². The van der Waals surface area contributed by atoms with Gasteiger partial charge in [-0.2, -0.15) is 0 Å². The van der Waals surface area contributed by atoms with Crippen LogP contribution in [0.4, 0.5) is 5.69 Å². The van der Waals surface area contributed by atoms with Gasteiger partial charge in [0.2, 0.25) is 5.91 Å². The van der Waals surface area contributed by atoms with Crippen LogP contribution in [0.3, 0.4) is 0 Å². The number of carbonyl (C=O) groups is 1. The van der Waals surface area contributed by atoms with E-state index in [1.807, 2.05) is 13.0 Å². The zero-order chi connectivity index (χ0) is 19.4. The Labute approximate surface area is 171 Å². The molecular formula is C22H26Cl2N2O. The van der Waals surface area contributed by atoms with Crippen LogP contribution in [0.15, 0.2) is 42.5 Å². The van der Waals surface area contributed by atoms with Crippen molar-refractivity contribution in [3.63, 3.8) is 0 Å². The molecule has 5 heteroatoms. The SMILES string of the molecule is CC(CNC(=O)C(C)c1ccc(Cl)c(Cl)c1)c1cccc(N2CCCC2)c1. The number of rotatable bonds is 6. The topological polar surface area (TPSA) is 32.3 Å². The molecule has 2 aromatic carbocycles. The summed E-state index contributed by atoms with van der Waals surface area (Å²) in [7, 11) is 0. The average Bonchev–Trinajstić information content (AvgIpc) is 3.22. The summed E-state index contributed by atoms with van der Waals surface area (Å²) in [6.07, 6.45) is 2.53. The number of carbonyl (C=O) groups excluding carboxylic acids is 1. The van der Waals surface area contributed by atoms with Crippen LogP contribution < -0.4 is 10.2 Å². The first-order valence-corrected chi connectivity index (χ1v) is 10.3. The van der Waals surface area contributed by atoms with Gasteiger partial charge in [-0.05, 0) is 61.1 Å². The molecule has 2 aromatic rings. The summed E-state index contributed by atoms with van der Waals surface area (Å²) in [4.78, 5) is 15.0. The molecule has 1 heterocycles. The Hall–Kier alpha value is -1.71. The zero-order valence-corrected chi connectivity index (χ0v) is 17.4. The maximum Gasteiger partial charge on any atom is 0.227 e. The molecule has 0 aliphatic carbocycles. The Morgan fingerprint density at radius 2 is 1.78 bits per heavy atom. The van der Waals surface area contributed by atoms with Gasteiger partial charge in [-0.1, -0.05) is 48.3 Å². The fourth-order valence-electron chi connectivity index (χ4n) is 3.46. The van der Waals surface area contributed by atoms with Crippen LogP contribution in [0.1, 0.15) is 49.7 Å². The molecule has 1 aliphatic heterocycles. The maximum atomic E-state index is 12.6. The number of nitrogens with zero attached hydrogens (tertiary/aromatic N) is 1. The third-order valence-corrected chi connectivity index (χ3v) is 6.07. The molecule has 3 rings (SSSR count). The summed E-state index contributed by atoms with van der Waals surface area (Å²) >= 11 is 12.0. The number of hydrogen-bond acceptors (Lipinski definition) is 2. The molecular weight excluding hydrogens is 379 g/mol. The smallest absolute Gasteiger partial charge is 0.227 e. The second-order valence-corrected chi connectivity index (χ2v) is 8.14. The quantitative estimate of drug-likeness (QED) is 0.677. The Morgan fingerprint density at radius 3 is 2.48 bits per heavy atom. The molecule has 1 N–H and O–H groups in total. The lowest BCUT2D eigenvalue weighted by atomic mass is 9.98. The molecule has 3 nitrogen and oxygen atoms in total. The highest BCUT2D eigenvalue weighted by Crippen LogP contribution is 2.27. The molecule has 0 saturated carbocycles. The molecule has 2 atom stereocenters. The van der Waals surface area contributed by atoms with E-state index in [-0.39, 0.29) is 17.7 Å². The molecule has 1 fully saturated rings.